The summed E-state index contributed by atoms with van der Waals surface area (Å²) in [5.41, 5.74) is 5.56. The van der Waals surface area contributed by atoms with Crippen LogP contribution in [0.5, 0.6) is 0 Å². The number of aliphatic hydroxyl groups is 14. The summed E-state index contributed by atoms with van der Waals surface area (Å²) in [6.45, 7) is 16.6. The fourth-order valence-corrected chi connectivity index (χ4v) is 15.2. The Balaban J connectivity index is 0.000000629. The number of unbranched alkanes of at least 4 members (excludes halogenated alkanes) is 23. The molecule has 619 valence electrons. The van der Waals surface area contributed by atoms with E-state index in [1.54, 1.807) is 0 Å². The molecule has 12 unspecified atom stereocenters. The summed E-state index contributed by atoms with van der Waals surface area (Å²) in [4.78, 5) is 23.7. The zero-order valence-corrected chi connectivity index (χ0v) is 68.0. The Bertz CT molecular complexity index is 2930. The number of hydrogen-bond donors (Lipinski definition) is 14. The van der Waals surface area contributed by atoms with E-state index in [9.17, 15) is 81.1 Å². The second-order valence-electron chi connectivity index (χ2n) is 30.3. The third-order valence-electron chi connectivity index (χ3n) is 21.5. The van der Waals surface area contributed by atoms with E-state index >= 15 is 0 Å². The number of allylic oxidation sites excluding steroid dienone is 5. The number of hydrogen-bond acceptors (Lipinski definition) is 19. The molecule has 2 aromatic carbocycles. The number of carbonyl (C=O) groups is 2. The number of aryl methyl sites for hydroxylation is 4. The van der Waals surface area contributed by atoms with E-state index in [1.165, 1.54) is 200 Å². The normalized spacial score (nSPS) is 19.9. The van der Waals surface area contributed by atoms with Crippen molar-refractivity contribution in [2.75, 3.05) is 19.8 Å². The standard InChI is InChI=1S/C53H90N2.2C17H28O9.Ni/c1-7-13-15-16-17-18-19-20-21-22-23-24-25-26-27-28-29-30-31-32-33-38-53(45-47-39-40-48(34-9-3)50(44-47)36-11-5)55(43-14-8-2)54-52-42-41-49(35-10-4)51(46-52)37-12-6;2*1-2-3-6-17(16(25)26)9(4-5-10(19)15(17)24)7-11(20)13(22)14(23)12(21)8-18;/h39-42,44,46H,7-38,43H2,1-6H3;2*4-5,9,11-14,18-24H,2-3,6-8H2,1H3,(H,25,26);/q+1;;;+2/p-2. The first kappa shape index (κ1) is 99.1. The molecule has 0 fully saturated rings. The van der Waals surface area contributed by atoms with Gasteiger partial charge in [0.05, 0.1) is 48.2 Å². The van der Waals surface area contributed by atoms with Crippen LogP contribution < -0.4 is 10.2 Å². The van der Waals surface area contributed by atoms with E-state index in [0.717, 1.165) is 80.3 Å². The third kappa shape index (κ3) is 32.6. The summed E-state index contributed by atoms with van der Waals surface area (Å²) in [6.07, 6.45) is 33.8. The summed E-state index contributed by atoms with van der Waals surface area (Å²) in [6, 6.07) is 14.1. The van der Waals surface area contributed by atoms with E-state index in [2.05, 4.69) is 82.6 Å². The first-order valence-electron chi connectivity index (χ1n) is 41.6. The van der Waals surface area contributed by atoms with Crippen LogP contribution in [0.25, 0.3) is 4.54 Å². The van der Waals surface area contributed by atoms with Crippen LogP contribution in [0.3, 0.4) is 0 Å². The van der Waals surface area contributed by atoms with Crippen LogP contribution in [0.15, 0.2) is 94.6 Å². The molecule has 0 saturated carbocycles. The van der Waals surface area contributed by atoms with Gasteiger partial charge in [-0.1, -0.05) is 136 Å². The Morgan fingerprint density at radius 3 is 1.12 bits per heavy atom. The van der Waals surface area contributed by atoms with Crippen molar-refractivity contribution in [3.8, 4) is 0 Å². The molecular weight excluding hydrogens is 1420 g/mol. The van der Waals surface area contributed by atoms with Gasteiger partial charge in [0.1, 0.15) is 48.1 Å². The average Bonchev–Trinajstić information content (AvgIpc) is 0.763. The monoisotopic (exact) mass is 1560 g/mol. The van der Waals surface area contributed by atoms with Crippen LogP contribution >= 0.6 is 0 Å². The molecule has 0 aliphatic heterocycles. The second kappa shape index (κ2) is 56.2. The molecule has 12 atom stereocenters. The molecule has 0 amide bonds. The maximum atomic E-state index is 11.9. The molecule has 2 aromatic rings. The van der Waals surface area contributed by atoms with Crippen molar-refractivity contribution in [3.63, 3.8) is 0 Å². The summed E-state index contributed by atoms with van der Waals surface area (Å²) in [5, 5.41) is 165. The Hall–Kier alpha value is -5.03. The summed E-state index contributed by atoms with van der Waals surface area (Å²) < 4.78 is 3.39. The molecule has 20 nitrogen and oxygen atoms in total. The van der Waals surface area contributed by atoms with E-state index < -0.39 is 133 Å². The van der Waals surface area contributed by atoms with E-state index in [-0.39, 0.29) is 12.8 Å². The van der Waals surface area contributed by atoms with Crippen LogP contribution in [0.2, 0.25) is 0 Å². The van der Waals surface area contributed by atoms with Gasteiger partial charge in [0, 0.05) is 0 Å². The van der Waals surface area contributed by atoms with Gasteiger partial charge in [-0.05, 0) is 49.7 Å². The van der Waals surface area contributed by atoms with Gasteiger partial charge in [-0.25, -0.2) is 0 Å². The van der Waals surface area contributed by atoms with Gasteiger partial charge in [0.2, 0.25) is 0 Å². The van der Waals surface area contributed by atoms with Crippen molar-refractivity contribution >= 4 is 22.2 Å². The van der Waals surface area contributed by atoms with Crippen LogP contribution in [-0.4, -0.2) is 157 Å². The van der Waals surface area contributed by atoms with E-state index in [1.807, 2.05) is 13.8 Å². The predicted octanol–water partition coefficient (Wildman–Crippen LogP) is 14.4. The van der Waals surface area contributed by atoms with Gasteiger partial charge < -0.3 is 91.3 Å². The van der Waals surface area contributed by atoms with Crippen LogP contribution in [-0.2, 0) is 50.7 Å². The fourth-order valence-electron chi connectivity index (χ4n) is 14.8. The molecule has 2 aliphatic carbocycles. The van der Waals surface area contributed by atoms with Crippen LogP contribution in [0, 0.1) is 22.7 Å². The molecule has 0 spiro atoms. The molecule has 0 saturated heterocycles. The van der Waals surface area contributed by atoms with Gasteiger partial charge in [-0.3, -0.25) is 0 Å². The molecule has 14 N–H and O–H groups in total. The molecule has 0 radical (unpaired) electrons. The maximum absolute atomic E-state index is 11.9. The van der Waals surface area contributed by atoms with Crippen molar-refractivity contribution in [1.82, 2.24) is 0 Å². The van der Waals surface area contributed by atoms with Crippen LogP contribution in [0.4, 0.5) is 5.69 Å². The number of carboxylic acid groups (broad SMARTS) is 2. The van der Waals surface area contributed by atoms with Crippen LogP contribution in [0.1, 0.15) is 314 Å². The topological polar surface area (TPSA) is 379 Å². The first-order valence-corrected chi connectivity index (χ1v) is 42.1. The minimum absolute atomic E-state index is 0.0681. The number of carboxylic acids is 2. The zero-order valence-electron chi connectivity index (χ0n) is 67.1. The molecular formula is C87H144N2NiO18+. The Morgan fingerprint density at radius 1 is 0.435 bits per heavy atom. The number of azo groups is 2. The molecule has 0 aromatic heterocycles. The average molecular weight is 1560 g/mol. The SMILES string of the molecule is CCCCC1(C(=O)[O-])C(O)=C(O)C=CC1CC(O)C(O)C(O)C(O)CO.CCCCC1(C(=O)[O-])C(O)=C(O)C=CC1CC(O)C(O)C(O)C(O)CO.CCCCCCCCCCCCCCCCCCCCCCCC(=[C]([Ni+2])c1ccc(CCC)c(CCC)c1)[N+](CCCC)=Nc1ccc(CCC)c(CCC)c1. The van der Waals surface area contributed by atoms with Gasteiger partial charge in [-0.2, -0.15) is 0 Å². The van der Waals surface area contributed by atoms with E-state index in [4.69, 9.17) is 30.8 Å². The molecule has 108 heavy (non-hydrogen) atoms. The van der Waals surface area contributed by atoms with Gasteiger partial charge in [0.15, 0.2) is 11.5 Å². The van der Waals surface area contributed by atoms with Gasteiger partial charge in [-0.15, -0.1) is 0 Å². The first-order chi connectivity index (χ1) is 51.8. The number of aliphatic carboxylic acids is 2. The Kier molecular flexibility index (Phi) is 51.6. The van der Waals surface area contributed by atoms with Crippen molar-refractivity contribution in [1.29, 1.82) is 0 Å². The molecule has 2 aliphatic rings. The summed E-state index contributed by atoms with van der Waals surface area (Å²) >= 11 is 6.04. The number of carbonyl (C=O) groups excluding carboxylic acids is 2. The molecule has 21 heteroatoms. The van der Waals surface area contributed by atoms with Gasteiger partial charge >= 0.3 is 275 Å². The Labute approximate surface area is 656 Å². The predicted molar refractivity (Wildman–Crippen MR) is 420 cm³/mol. The van der Waals surface area contributed by atoms with Crippen molar-refractivity contribution in [2.24, 2.45) is 27.8 Å². The number of benzene rings is 2. The number of nitrogens with zero attached hydrogens (tertiary/aromatic N) is 2. The number of aliphatic hydroxyl groups excluding tert-OH is 14. The second-order valence-corrected chi connectivity index (χ2v) is 30.7. The minimum atomic E-state index is -1.99. The van der Waals surface area contributed by atoms with Crippen molar-refractivity contribution in [3.05, 3.63) is 117 Å². The number of rotatable bonds is 56. The summed E-state index contributed by atoms with van der Waals surface area (Å²) in [7, 11) is 0. The molecule has 0 heterocycles. The van der Waals surface area contributed by atoms with Crippen molar-refractivity contribution in [2.45, 2.75) is 361 Å². The molecule has 4 rings (SSSR count). The van der Waals surface area contributed by atoms with Gasteiger partial charge in [0.25, 0.3) is 0 Å². The summed E-state index contributed by atoms with van der Waals surface area (Å²) in [5.74, 6) is -8.16. The quantitative estimate of drug-likeness (QED) is 0.0127. The zero-order chi connectivity index (χ0) is 80.6. The van der Waals surface area contributed by atoms with Crippen molar-refractivity contribution < 1.29 is 111 Å². The molecule has 0 bridgehead atoms. The Morgan fingerprint density at radius 2 is 0.769 bits per heavy atom. The fraction of sp³-hybridized carbons (Fsp3) is 0.724. The third-order valence-corrected chi connectivity index (χ3v) is 22.1. The van der Waals surface area contributed by atoms with E-state index in [0.29, 0.717) is 25.7 Å².